The van der Waals surface area contributed by atoms with Crippen LogP contribution in [-0.2, 0) is 16.1 Å². The molecule has 3 heteroatoms. The van der Waals surface area contributed by atoms with E-state index in [0.717, 1.165) is 10.5 Å². The SMILES string of the molecule is CC(=O)OCc1cccc(S)c1. The lowest BCUT2D eigenvalue weighted by atomic mass is 10.2. The molecule has 0 fully saturated rings. The van der Waals surface area contributed by atoms with Gasteiger partial charge in [-0.3, -0.25) is 4.79 Å². The van der Waals surface area contributed by atoms with Crippen molar-refractivity contribution in [2.75, 3.05) is 0 Å². The monoisotopic (exact) mass is 182 g/mol. The average molecular weight is 182 g/mol. The molecule has 0 bridgehead atoms. The van der Waals surface area contributed by atoms with E-state index in [2.05, 4.69) is 12.6 Å². The zero-order valence-electron chi connectivity index (χ0n) is 6.78. The lowest BCUT2D eigenvalue weighted by Gasteiger charge is -2.01. The van der Waals surface area contributed by atoms with Crippen molar-refractivity contribution in [3.63, 3.8) is 0 Å². The smallest absolute Gasteiger partial charge is 0.302 e. The van der Waals surface area contributed by atoms with Crippen LogP contribution in [0.4, 0.5) is 0 Å². The molecular formula is C9H10O2S. The highest BCUT2D eigenvalue weighted by Crippen LogP contribution is 2.09. The second kappa shape index (κ2) is 4.16. The van der Waals surface area contributed by atoms with E-state index in [4.69, 9.17) is 4.74 Å². The highest BCUT2D eigenvalue weighted by atomic mass is 32.1. The van der Waals surface area contributed by atoms with Crippen LogP contribution in [0.15, 0.2) is 29.2 Å². The standard InChI is InChI=1S/C9H10O2S/c1-7(10)11-6-8-3-2-4-9(12)5-8/h2-5,12H,6H2,1H3. The van der Waals surface area contributed by atoms with Crippen LogP contribution in [-0.4, -0.2) is 5.97 Å². The number of benzene rings is 1. The third-order valence-corrected chi connectivity index (χ3v) is 1.63. The molecule has 0 saturated heterocycles. The fraction of sp³-hybridized carbons (Fsp3) is 0.222. The van der Waals surface area contributed by atoms with Gasteiger partial charge in [0.15, 0.2) is 0 Å². The van der Waals surface area contributed by atoms with Crippen LogP contribution in [0.5, 0.6) is 0 Å². The molecule has 0 saturated carbocycles. The van der Waals surface area contributed by atoms with Gasteiger partial charge in [0.1, 0.15) is 6.61 Å². The van der Waals surface area contributed by atoms with Gasteiger partial charge in [-0.25, -0.2) is 0 Å². The van der Waals surface area contributed by atoms with Gasteiger partial charge in [0.25, 0.3) is 0 Å². The van der Waals surface area contributed by atoms with Crippen molar-refractivity contribution < 1.29 is 9.53 Å². The molecule has 1 aromatic carbocycles. The van der Waals surface area contributed by atoms with E-state index >= 15 is 0 Å². The molecule has 0 unspecified atom stereocenters. The van der Waals surface area contributed by atoms with Crippen molar-refractivity contribution in [2.45, 2.75) is 18.4 Å². The zero-order valence-corrected chi connectivity index (χ0v) is 7.67. The highest BCUT2D eigenvalue weighted by Gasteiger charge is 1.95. The van der Waals surface area contributed by atoms with Crippen molar-refractivity contribution in [1.82, 2.24) is 0 Å². The van der Waals surface area contributed by atoms with E-state index in [9.17, 15) is 4.79 Å². The van der Waals surface area contributed by atoms with Crippen molar-refractivity contribution in [3.8, 4) is 0 Å². The minimum atomic E-state index is -0.264. The number of ether oxygens (including phenoxy) is 1. The van der Waals surface area contributed by atoms with Gasteiger partial charge in [-0.2, -0.15) is 0 Å². The van der Waals surface area contributed by atoms with Crippen LogP contribution in [0.1, 0.15) is 12.5 Å². The molecule has 1 aromatic rings. The summed E-state index contributed by atoms with van der Waals surface area (Å²) in [5.41, 5.74) is 0.956. The van der Waals surface area contributed by atoms with E-state index in [1.807, 2.05) is 24.3 Å². The van der Waals surface area contributed by atoms with Gasteiger partial charge in [-0.15, -0.1) is 12.6 Å². The van der Waals surface area contributed by atoms with E-state index in [-0.39, 0.29) is 5.97 Å². The predicted molar refractivity (Wildman–Crippen MR) is 49.2 cm³/mol. The van der Waals surface area contributed by atoms with Crippen molar-refractivity contribution in [1.29, 1.82) is 0 Å². The first-order chi connectivity index (χ1) is 5.68. The fourth-order valence-corrected chi connectivity index (χ4v) is 1.08. The fourth-order valence-electron chi connectivity index (χ4n) is 0.831. The van der Waals surface area contributed by atoms with Gasteiger partial charge in [0, 0.05) is 11.8 Å². The van der Waals surface area contributed by atoms with Crippen molar-refractivity contribution in [2.24, 2.45) is 0 Å². The van der Waals surface area contributed by atoms with Gasteiger partial charge in [-0.1, -0.05) is 12.1 Å². The summed E-state index contributed by atoms with van der Waals surface area (Å²) in [7, 11) is 0. The summed E-state index contributed by atoms with van der Waals surface area (Å²) in [6, 6.07) is 7.51. The van der Waals surface area contributed by atoms with Crippen LogP contribution in [0.2, 0.25) is 0 Å². The maximum absolute atomic E-state index is 10.5. The molecule has 2 nitrogen and oxygen atoms in total. The molecule has 0 amide bonds. The highest BCUT2D eigenvalue weighted by molar-refractivity contribution is 7.80. The Morgan fingerprint density at radius 3 is 2.92 bits per heavy atom. The topological polar surface area (TPSA) is 26.3 Å². The largest absolute Gasteiger partial charge is 0.461 e. The van der Waals surface area contributed by atoms with Crippen LogP contribution in [0.3, 0.4) is 0 Å². The Kier molecular flexibility index (Phi) is 3.17. The molecular weight excluding hydrogens is 172 g/mol. The number of rotatable bonds is 2. The number of hydrogen-bond donors (Lipinski definition) is 1. The summed E-state index contributed by atoms with van der Waals surface area (Å²) in [5.74, 6) is -0.264. The average Bonchev–Trinajstić information content (AvgIpc) is 2.01. The van der Waals surface area contributed by atoms with E-state index < -0.39 is 0 Å². The molecule has 0 aliphatic heterocycles. The van der Waals surface area contributed by atoms with Crippen molar-refractivity contribution in [3.05, 3.63) is 29.8 Å². The number of hydrogen-bond acceptors (Lipinski definition) is 3. The summed E-state index contributed by atoms with van der Waals surface area (Å²) in [5, 5.41) is 0. The van der Waals surface area contributed by atoms with Crippen LogP contribution < -0.4 is 0 Å². The first-order valence-corrected chi connectivity index (χ1v) is 4.04. The van der Waals surface area contributed by atoms with Gasteiger partial charge >= 0.3 is 5.97 Å². The molecule has 0 aliphatic carbocycles. The number of carbonyl (C=O) groups is 1. The van der Waals surface area contributed by atoms with Crippen LogP contribution >= 0.6 is 12.6 Å². The molecule has 0 aliphatic rings. The Morgan fingerprint density at radius 1 is 1.58 bits per heavy atom. The van der Waals surface area contributed by atoms with E-state index in [1.54, 1.807) is 0 Å². The maximum Gasteiger partial charge on any atom is 0.302 e. The normalized spacial score (nSPS) is 9.50. The molecule has 0 spiro atoms. The summed E-state index contributed by atoms with van der Waals surface area (Å²) < 4.78 is 4.81. The molecule has 64 valence electrons. The number of carbonyl (C=O) groups excluding carboxylic acids is 1. The Morgan fingerprint density at radius 2 is 2.33 bits per heavy atom. The molecule has 0 heterocycles. The van der Waals surface area contributed by atoms with Gasteiger partial charge in [0.05, 0.1) is 0 Å². The van der Waals surface area contributed by atoms with Gasteiger partial charge < -0.3 is 4.74 Å². The quantitative estimate of drug-likeness (QED) is 0.559. The summed E-state index contributed by atoms with van der Waals surface area (Å²) in [6.45, 7) is 1.72. The summed E-state index contributed by atoms with van der Waals surface area (Å²) >= 11 is 4.16. The molecule has 12 heavy (non-hydrogen) atoms. The zero-order chi connectivity index (χ0) is 8.97. The first kappa shape index (κ1) is 9.13. The second-order valence-electron chi connectivity index (χ2n) is 2.45. The summed E-state index contributed by atoms with van der Waals surface area (Å²) in [6.07, 6.45) is 0. The Balaban J connectivity index is 2.57. The number of thiol groups is 1. The third-order valence-electron chi connectivity index (χ3n) is 1.35. The van der Waals surface area contributed by atoms with Crippen LogP contribution in [0, 0.1) is 0 Å². The maximum atomic E-state index is 10.5. The van der Waals surface area contributed by atoms with Gasteiger partial charge in [0.2, 0.25) is 0 Å². The number of esters is 1. The molecule has 0 N–H and O–H groups in total. The lowest BCUT2D eigenvalue weighted by molar-refractivity contribution is -0.142. The summed E-state index contributed by atoms with van der Waals surface area (Å²) in [4.78, 5) is 11.3. The van der Waals surface area contributed by atoms with Gasteiger partial charge in [-0.05, 0) is 17.7 Å². The minimum Gasteiger partial charge on any atom is -0.461 e. The second-order valence-corrected chi connectivity index (χ2v) is 2.97. The van der Waals surface area contributed by atoms with E-state index in [0.29, 0.717) is 6.61 Å². The first-order valence-electron chi connectivity index (χ1n) is 3.60. The molecule has 0 atom stereocenters. The molecule has 0 aromatic heterocycles. The predicted octanol–water partition coefficient (Wildman–Crippen LogP) is 2.04. The molecule has 0 radical (unpaired) electrons. The third kappa shape index (κ3) is 2.96. The lowest BCUT2D eigenvalue weighted by Crippen LogP contribution is -1.98. The Hall–Kier alpha value is -0.960. The van der Waals surface area contributed by atoms with E-state index in [1.165, 1.54) is 6.92 Å². The Labute approximate surface area is 77.0 Å². The minimum absolute atomic E-state index is 0.264. The van der Waals surface area contributed by atoms with Crippen LogP contribution in [0.25, 0.3) is 0 Å². The Bertz CT molecular complexity index is 284. The van der Waals surface area contributed by atoms with Crippen molar-refractivity contribution >= 4 is 18.6 Å². The molecule has 1 rings (SSSR count).